The minimum Gasteiger partial charge on any atom is -0.349 e. The van der Waals surface area contributed by atoms with Gasteiger partial charge in [-0.3, -0.25) is 4.79 Å². The number of rotatable bonds is 4. The highest BCUT2D eigenvalue weighted by Crippen LogP contribution is 2.20. The summed E-state index contributed by atoms with van der Waals surface area (Å²) >= 11 is 1.79. The quantitative estimate of drug-likeness (QED) is 0.826. The topological polar surface area (TPSA) is 29.1 Å². The van der Waals surface area contributed by atoms with Gasteiger partial charge in [0, 0.05) is 16.5 Å². The number of hydrogen-bond acceptors (Lipinski definition) is 2. The summed E-state index contributed by atoms with van der Waals surface area (Å²) in [5.41, 5.74) is 0.766. The Morgan fingerprint density at radius 2 is 1.88 bits per heavy atom. The van der Waals surface area contributed by atoms with E-state index in [1.165, 1.54) is 4.90 Å². The summed E-state index contributed by atoms with van der Waals surface area (Å²) in [7, 11) is 0. The Morgan fingerprint density at radius 3 is 2.35 bits per heavy atom. The Balaban J connectivity index is 0.000000686. The van der Waals surface area contributed by atoms with Gasteiger partial charge in [0.2, 0.25) is 0 Å². The van der Waals surface area contributed by atoms with Crippen molar-refractivity contribution >= 4 is 17.7 Å². The first-order valence-electron chi connectivity index (χ1n) is 6.33. The Morgan fingerprint density at radius 1 is 1.29 bits per heavy atom. The average molecular weight is 251 g/mol. The van der Waals surface area contributed by atoms with E-state index in [9.17, 15) is 4.79 Å². The van der Waals surface area contributed by atoms with Crippen molar-refractivity contribution in [1.82, 2.24) is 5.32 Å². The van der Waals surface area contributed by atoms with E-state index in [-0.39, 0.29) is 5.91 Å². The van der Waals surface area contributed by atoms with Gasteiger partial charge in [-0.15, -0.1) is 11.8 Å². The zero-order valence-corrected chi connectivity index (χ0v) is 11.6. The smallest absolute Gasteiger partial charge is 0.251 e. The number of hydrogen-bond donors (Lipinski definition) is 1. The van der Waals surface area contributed by atoms with Crippen LogP contribution in [0.2, 0.25) is 0 Å². The lowest BCUT2D eigenvalue weighted by Gasteiger charge is -2.04. The molecule has 1 saturated carbocycles. The van der Waals surface area contributed by atoms with E-state index in [0.717, 1.165) is 24.2 Å². The van der Waals surface area contributed by atoms with Crippen LogP contribution in [0.5, 0.6) is 0 Å². The minimum absolute atomic E-state index is 0.0607. The summed E-state index contributed by atoms with van der Waals surface area (Å²) in [4.78, 5) is 12.9. The third-order valence-electron chi connectivity index (χ3n) is 2.34. The van der Waals surface area contributed by atoms with Crippen LogP contribution in [0.4, 0.5) is 0 Å². The first-order chi connectivity index (χ1) is 8.29. The summed E-state index contributed by atoms with van der Waals surface area (Å²) in [5, 5.41) is 2.98. The summed E-state index contributed by atoms with van der Waals surface area (Å²) < 4.78 is 0. The van der Waals surface area contributed by atoms with Crippen LogP contribution in [0.3, 0.4) is 0 Å². The van der Waals surface area contributed by atoms with E-state index >= 15 is 0 Å². The fourth-order valence-electron chi connectivity index (χ4n) is 1.37. The van der Waals surface area contributed by atoms with E-state index < -0.39 is 0 Å². The summed E-state index contributed by atoms with van der Waals surface area (Å²) in [5.74, 6) is 1.12. The molecule has 2 nitrogen and oxygen atoms in total. The van der Waals surface area contributed by atoms with Crippen LogP contribution in [0.1, 0.15) is 44.0 Å². The average Bonchev–Trinajstić information content (AvgIpc) is 3.17. The first kappa shape index (κ1) is 14.1. The molecule has 1 aliphatic rings. The van der Waals surface area contributed by atoms with Gasteiger partial charge in [-0.25, -0.2) is 0 Å². The fourth-order valence-corrected chi connectivity index (χ4v) is 2.03. The van der Waals surface area contributed by atoms with Crippen LogP contribution in [0.15, 0.2) is 29.2 Å². The second kappa shape index (κ2) is 7.38. The molecule has 3 heteroatoms. The Bertz CT molecular complexity index is 344. The molecule has 0 bridgehead atoms. The molecule has 0 saturated heterocycles. The maximum absolute atomic E-state index is 11.6. The molecule has 2 rings (SSSR count). The van der Waals surface area contributed by atoms with Gasteiger partial charge in [0.15, 0.2) is 0 Å². The number of carbonyl (C=O) groups excluding carboxylic acids is 1. The molecule has 1 N–H and O–H groups in total. The van der Waals surface area contributed by atoms with Crippen molar-refractivity contribution in [2.45, 2.75) is 44.6 Å². The third-order valence-corrected chi connectivity index (χ3v) is 3.23. The predicted molar refractivity (Wildman–Crippen MR) is 74.7 cm³/mol. The second-order valence-corrected chi connectivity index (χ2v) is 5.04. The lowest BCUT2D eigenvalue weighted by Crippen LogP contribution is -2.25. The highest BCUT2D eigenvalue weighted by molar-refractivity contribution is 7.99. The number of carbonyl (C=O) groups is 1. The molecule has 0 aliphatic heterocycles. The molecule has 0 aromatic heterocycles. The number of nitrogens with one attached hydrogen (secondary N) is 1. The molecule has 94 valence electrons. The van der Waals surface area contributed by atoms with Gasteiger partial charge in [-0.1, -0.05) is 20.8 Å². The SMILES string of the molecule is CC.CCSc1ccc(C(=O)NC2CC2)cc1. The Kier molecular flexibility index (Phi) is 6.12. The predicted octanol–water partition coefficient (Wildman–Crippen LogP) is 3.72. The van der Waals surface area contributed by atoms with Crippen LogP contribution < -0.4 is 5.32 Å². The van der Waals surface area contributed by atoms with Crippen LogP contribution in [0.25, 0.3) is 0 Å². The van der Waals surface area contributed by atoms with E-state index in [1.807, 2.05) is 38.1 Å². The van der Waals surface area contributed by atoms with Crippen molar-refractivity contribution in [2.24, 2.45) is 0 Å². The van der Waals surface area contributed by atoms with Gasteiger partial charge < -0.3 is 5.32 Å². The van der Waals surface area contributed by atoms with Gasteiger partial charge in [-0.2, -0.15) is 0 Å². The molecular formula is C14H21NOS. The fraction of sp³-hybridized carbons (Fsp3) is 0.500. The summed E-state index contributed by atoms with van der Waals surface area (Å²) in [6, 6.07) is 8.25. The van der Waals surface area contributed by atoms with Crippen molar-refractivity contribution in [3.63, 3.8) is 0 Å². The van der Waals surface area contributed by atoms with Crippen LogP contribution in [-0.4, -0.2) is 17.7 Å². The molecule has 0 radical (unpaired) electrons. The molecule has 1 aliphatic carbocycles. The molecule has 0 atom stereocenters. The minimum atomic E-state index is 0.0607. The maximum atomic E-state index is 11.6. The van der Waals surface area contributed by atoms with E-state index in [0.29, 0.717) is 6.04 Å². The van der Waals surface area contributed by atoms with Crippen molar-refractivity contribution in [3.05, 3.63) is 29.8 Å². The van der Waals surface area contributed by atoms with Crippen molar-refractivity contribution in [3.8, 4) is 0 Å². The molecule has 0 heterocycles. The largest absolute Gasteiger partial charge is 0.349 e. The molecule has 1 fully saturated rings. The lowest BCUT2D eigenvalue weighted by molar-refractivity contribution is 0.0951. The van der Waals surface area contributed by atoms with E-state index in [2.05, 4.69) is 12.2 Å². The van der Waals surface area contributed by atoms with Gasteiger partial charge >= 0.3 is 0 Å². The van der Waals surface area contributed by atoms with Gasteiger partial charge in [0.05, 0.1) is 0 Å². The summed E-state index contributed by atoms with van der Waals surface area (Å²) in [6.45, 7) is 6.12. The van der Waals surface area contributed by atoms with Gasteiger partial charge in [0.25, 0.3) is 5.91 Å². The molecule has 1 amide bonds. The number of benzene rings is 1. The van der Waals surface area contributed by atoms with Gasteiger partial charge in [-0.05, 0) is 42.9 Å². The highest BCUT2D eigenvalue weighted by atomic mass is 32.2. The summed E-state index contributed by atoms with van der Waals surface area (Å²) in [6.07, 6.45) is 2.27. The standard InChI is InChI=1S/C12H15NOS.C2H6/c1-2-15-11-7-3-9(4-8-11)12(14)13-10-5-6-10;1-2/h3-4,7-8,10H,2,5-6H2,1H3,(H,13,14);1-2H3. The normalized spacial score (nSPS) is 13.6. The molecular weight excluding hydrogens is 230 g/mol. The highest BCUT2D eigenvalue weighted by Gasteiger charge is 2.23. The maximum Gasteiger partial charge on any atom is 0.251 e. The Labute approximate surface area is 108 Å². The third kappa shape index (κ3) is 4.82. The lowest BCUT2D eigenvalue weighted by atomic mass is 10.2. The number of amides is 1. The zero-order chi connectivity index (χ0) is 12.7. The van der Waals surface area contributed by atoms with Crippen LogP contribution in [-0.2, 0) is 0 Å². The molecule has 1 aromatic rings. The molecule has 1 aromatic carbocycles. The Hall–Kier alpha value is -0.960. The van der Waals surface area contributed by atoms with Crippen LogP contribution in [0, 0.1) is 0 Å². The second-order valence-electron chi connectivity index (χ2n) is 3.71. The van der Waals surface area contributed by atoms with Crippen molar-refractivity contribution < 1.29 is 4.79 Å². The molecule has 0 unspecified atom stereocenters. The number of thioether (sulfide) groups is 1. The van der Waals surface area contributed by atoms with E-state index in [1.54, 1.807) is 11.8 Å². The molecule has 0 spiro atoms. The van der Waals surface area contributed by atoms with Crippen LogP contribution >= 0.6 is 11.8 Å². The first-order valence-corrected chi connectivity index (χ1v) is 7.32. The zero-order valence-electron chi connectivity index (χ0n) is 10.8. The van der Waals surface area contributed by atoms with E-state index in [4.69, 9.17) is 0 Å². The van der Waals surface area contributed by atoms with Crippen molar-refractivity contribution in [2.75, 3.05) is 5.75 Å². The van der Waals surface area contributed by atoms with Crippen molar-refractivity contribution in [1.29, 1.82) is 0 Å². The monoisotopic (exact) mass is 251 g/mol. The van der Waals surface area contributed by atoms with Gasteiger partial charge in [0.1, 0.15) is 0 Å². The molecule has 17 heavy (non-hydrogen) atoms.